The summed E-state index contributed by atoms with van der Waals surface area (Å²) in [6, 6.07) is 18.7. The third-order valence-electron chi connectivity index (χ3n) is 9.89. The summed E-state index contributed by atoms with van der Waals surface area (Å²) in [5.74, 6) is 1.37. The van der Waals surface area contributed by atoms with Crippen LogP contribution in [0.1, 0.15) is 83.9 Å². The lowest BCUT2D eigenvalue weighted by molar-refractivity contribution is -0.129. The van der Waals surface area contributed by atoms with E-state index < -0.39 is 5.82 Å². The van der Waals surface area contributed by atoms with Crippen LogP contribution in [0, 0.1) is 28.5 Å². The minimum atomic E-state index is -0.432. The number of halogens is 1. The molecule has 2 aromatic carbocycles. The Morgan fingerprint density at radius 1 is 1.04 bits per heavy atom. The molecule has 2 aliphatic carbocycles. The molecule has 3 aliphatic rings. The molecule has 0 spiro atoms. The number of imidazole rings is 1. The number of carbonyl (C=O) groups is 2. The van der Waals surface area contributed by atoms with Crippen molar-refractivity contribution in [3.63, 3.8) is 0 Å². The summed E-state index contributed by atoms with van der Waals surface area (Å²) in [7, 11) is 0. The van der Waals surface area contributed by atoms with Crippen molar-refractivity contribution in [2.75, 3.05) is 13.1 Å². The summed E-state index contributed by atoms with van der Waals surface area (Å²) in [5, 5.41) is 9.46. The second-order valence-electron chi connectivity index (χ2n) is 13.4. The van der Waals surface area contributed by atoms with Crippen molar-refractivity contribution in [3.8, 4) is 11.9 Å². The van der Waals surface area contributed by atoms with Gasteiger partial charge in [0.15, 0.2) is 5.78 Å². The lowest BCUT2D eigenvalue weighted by Gasteiger charge is -2.31. The molecule has 7 rings (SSSR count). The van der Waals surface area contributed by atoms with Gasteiger partial charge in [-0.3, -0.25) is 14.5 Å². The maximum absolute atomic E-state index is 14.7. The van der Waals surface area contributed by atoms with Crippen LogP contribution in [0.15, 0.2) is 54.6 Å². The van der Waals surface area contributed by atoms with E-state index in [0.29, 0.717) is 36.4 Å². The average molecular weight is 636 g/mol. The molecule has 3 fully saturated rings. The van der Waals surface area contributed by atoms with Gasteiger partial charge in [0.1, 0.15) is 24.9 Å². The van der Waals surface area contributed by atoms with Crippen LogP contribution in [-0.4, -0.2) is 44.8 Å². The maximum atomic E-state index is 14.7. The first-order valence-electron chi connectivity index (χ1n) is 16.5. The largest absolute Gasteiger partial charge is 0.473 e. The highest BCUT2D eigenvalue weighted by molar-refractivity contribution is 5.99. The highest BCUT2D eigenvalue weighted by atomic mass is 19.1. The quantitative estimate of drug-likeness (QED) is 0.114. The number of benzene rings is 2. The monoisotopic (exact) mass is 635 g/mol. The molecule has 0 unspecified atom stereocenters. The molecule has 0 radical (unpaired) electrons. The van der Waals surface area contributed by atoms with Gasteiger partial charge in [-0.1, -0.05) is 24.3 Å². The van der Waals surface area contributed by atoms with Gasteiger partial charge >= 0.3 is 0 Å². The molecule has 47 heavy (non-hydrogen) atoms. The summed E-state index contributed by atoms with van der Waals surface area (Å²) in [4.78, 5) is 35.3. The molecule has 0 amide bonds. The molecule has 0 bridgehead atoms. The van der Waals surface area contributed by atoms with Gasteiger partial charge in [-0.2, -0.15) is 5.26 Å². The number of piperidine rings is 1. The van der Waals surface area contributed by atoms with Crippen LogP contribution in [0.5, 0.6) is 5.88 Å². The zero-order valence-corrected chi connectivity index (χ0v) is 26.4. The standard InChI is InChI=1S/C37H38FN5O4/c38-30-19-28(36(45)27-5-6-27)7-8-29(30)22-47-35-3-1-2-31(41-35)26-10-16-42(17-11-26)20-34-40-32-9-4-25(21-46-24-44)18-33(32)43(34)23-37(12-13-37)14-15-39/h1-4,7-9,18-19,24,26-27H,5-6,10-14,16-17,20-23H2. The Morgan fingerprint density at radius 3 is 2.60 bits per heavy atom. The first-order valence-corrected chi connectivity index (χ1v) is 16.5. The lowest BCUT2D eigenvalue weighted by Crippen LogP contribution is -2.34. The highest BCUT2D eigenvalue weighted by Gasteiger charge is 2.43. The van der Waals surface area contributed by atoms with Crippen molar-refractivity contribution in [2.45, 2.75) is 77.2 Å². The summed E-state index contributed by atoms with van der Waals surface area (Å²) in [6.45, 7) is 3.95. The van der Waals surface area contributed by atoms with Gasteiger partial charge in [0.25, 0.3) is 6.47 Å². The van der Waals surface area contributed by atoms with E-state index in [1.165, 1.54) is 6.07 Å². The van der Waals surface area contributed by atoms with Crippen molar-refractivity contribution in [1.29, 1.82) is 5.26 Å². The molecule has 0 atom stereocenters. The summed E-state index contributed by atoms with van der Waals surface area (Å²) >= 11 is 0. The van der Waals surface area contributed by atoms with Gasteiger partial charge in [-0.05, 0) is 81.4 Å². The van der Waals surface area contributed by atoms with E-state index in [2.05, 4.69) is 15.5 Å². The normalized spacial score (nSPS) is 17.7. The maximum Gasteiger partial charge on any atom is 0.293 e. The number of nitriles is 1. The molecule has 9 nitrogen and oxygen atoms in total. The van der Waals surface area contributed by atoms with Gasteiger partial charge in [0, 0.05) is 53.1 Å². The van der Waals surface area contributed by atoms with Crippen molar-refractivity contribution in [1.82, 2.24) is 19.4 Å². The number of hydrogen-bond acceptors (Lipinski definition) is 8. The van der Waals surface area contributed by atoms with E-state index in [-0.39, 0.29) is 36.2 Å². The predicted octanol–water partition coefficient (Wildman–Crippen LogP) is 6.49. The molecule has 1 saturated heterocycles. The Kier molecular flexibility index (Phi) is 8.74. The number of ketones is 1. The highest BCUT2D eigenvalue weighted by Crippen LogP contribution is 2.50. The number of carbonyl (C=O) groups excluding carboxylic acids is 2. The Hall–Kier alpha value is -4.62. The third kappa shape index (κ3) is 7.05. The molecular weight excluding hydrogens is 597 g/mol. The summed E-state index contributed by atoms with van der Waals surface area (Å²) in [6.07, 6.45) is 6.27. The van der Waals surface area contributed by atoms with Gasteiger partial charge < -0.3 is 14.0 Å². The van der Waals surface area contributed by atoms with Crippen LogP contribution in [0.3, 0.4) is 0 Å². The Labute approximate surface area is 273 Å². The van der Waals surface area contributed by atoms with E-state index in [1.54, 1.807) is 18.2 Å². The smallest absolute Gasteiger partial charge is 0.293 e. The number of rotatable bonds is 14. The number of hydrogen-bond donors (Lipinski definition) is 0. The fourth-order valence-corrected chi connectivity index (χ4v) is 6.68. The SMILES string of the molecule is N#CCC1(Cn2c(CN3CCC(c4cccc(OCc5ccc(C(=O)C6CC6)cc5F)n4)CC3)nc3ccc(COC=O)cc32)CC1. The number of aromatic nitrogens is 3. The van der Waals surface area contributed by atoms with Crippen molar-refractivity contribution < 1.29 is 23.5 Å². The molecule has 1 aliphatic heterocycles. The lowest BCUT2D eigenvalue weighted by atomic mass is 9.93. The number of likely N-dealkylation sites (tertiary alicyclic amines) is 1. The van der Waals surface area contributed by atoms with E-state index in [4.69, 9.17) is 19.4 Å². The van der Waals surface area contributed by atoms with Crippen LogP contribution in [0.25, 0.3) is 11.0 Å². The Bertz CT molecular complexity index is 1830. The van der Waals surface area contributed by atoms with Crippen LogP contribution in [0.2, 0.25) is 0 Å². The second-order valence-corrected chi connectivity index (χ2v) is 13.4. The van der Waals surface area contributed by atoms with Gasteiger partial charge in [0.05, 0.1) is 23.6 Å². The molecule has 3 heterocycles. The number of Topliss-reactive ketones (excluding diaryl/α,β-unsaturated/α-hetero) is 1. The molecule has 0 N–H and O–H groups in total. The zero-order valence-electron chi connectivity index (χ0n) is 26.4. The number of pyridine rings is 1. The van der Waals surface area contributed by atoms with Crippen LogP contribution < -0.4 is 4.74 Å². The first-order chi connectivity index (χ1) is 22.9. The minimum Gasteiger partial charge on any atom is -0.473 e. The average Bonchev–Trinajstić information content (AvgIpc) is 4.03. The number of fused-ring (bicyclic) bond motifs is 1. The second kappa shape index (κ2) is 13.2. The van der Waals surface area contributed by atoms with Gasteiger partial charge in [0.2, 0.25) is 5.88 Å². The topological polar surface area (TPSA) is 110 Å². The molecular formula is C37H38FN5O4. The molecule has 2 saturated carbocycles. The molecule has 10 heteroatoms. The van der Waals surface area contributed by atoms with E-state index in [1.807, 2.05) is 30.3 Å². The van der Waals surface area contributed by atoms with Crippen LogP contribution in [-0.2, 0) is 35.8 Å². The molecule has 2 aromatic heterocycles. The Balaban J connectivity index is 0.990. The van der Waals surface area contributed by atoms with E-state index in [9.17, 15) is 19.2 Å². The number of nitrogens with zero attached hydrogens (tertiary/aromatic N) is 5. The summed E-state index contributed by atoms with van der Waals surface area (Å²) < 4.78 is 27.9. The van der Waals surface area contributed by atoms with Crippen LogP contribution in [0.4, 0.5) is 4.39 Å². The van der Waals surface area contributed by atoms with Gasteiger partial charge in [-0.25, -0.2) is 14.4 Å². The van der Waals surface area contributed by atoms with E-state index >= 15 is 0 Å². The Morgan fingerprint density at radius 2 is 1.87 bits per heavy atom. The van der Waals surface area contributed by atoms with Crippen molar-refractivity contribution in [3.05, 3.63) is 88.6 Å². The van der Waals surface area contributed by atoms with Crippen molar-refractivity contribution >= 4 is 23.3 Å². The van der Waals surface area contributed by atoms with Crippen molar-refractivity contribution in [2.24, 2.45) is 11.3 Å². The third-order valence-corrected chi connectivity index (χ3v) is 9.89. The fraction of sp³-hybridized carbons (Fsp3) is 0.432. The first kappa shape index (κ1) is 31.0. The molecule has 4 aromatic rings. The van der Waals surface area contributed by atoms with E-state index in [0.717, 1.165) is 86.3 Å². The minimum absolute atomic E-state index is 0.00247. The fourth-order valence-electron chi connectivity index (χ4n) is 6.68. The number of ether oxygens (including phenoxy) is 2. The van der Waals surface area contributed by atoms with Crippen LogP contribution >= 0.6 is 0 Å². The summed E-state index contributed by atoms with van der Waals surface area (Å²) in [5.41, 5.74) is 4.62. The predicted molar refractivity (Wildman–Crippen MR) is 172 cm³/mol. The zero-order chi connectivity index (χ0) is 32.4. The van der Waals surface area contributed by atoms with Gasteiger partial charge in [-0.15, -0.1) is 0 Å². The molecule has 242 valence electrons.